The predicted octanol–water partition coefficient (Wildman–Crippen LogP) is 2.73. The quantitative estimate of drug-likeness (QED) is 0.822. The monoisotopic (exact) mass is 204 g/mol. The molecule has 80 valence electrons. The van der Waals surface area contributed by atoms with Crippen molar-refractivity contribution in [3.05, 3.63) is 35.9 Å². The van der Waals surface area contributed by atoms with E-state index in [1.165, 1.54) is 5.56 Å². The van der Waals surface area contributed by atoms with Crippen LogP contribution in [0.3, 0.4) is 0 Å². The van der Waals surface area contributed by atoms with Crippen molar-refractivity contribution < 1.29 is 9.90 Å². The molecule has 2 atom stereocenters. The third-order valence-electron chi connectivity index (χ3n) is 3.32. The molecule has 1 aromatic rings. The summed E-state index contributed by atoms with van der Waals surface area (Å²) in [5.41, 5.74) is 1.26. The smallest absolute Gasteiger partial charge is 0.306 e. The molecule has 1 fully saturated rings. The zero-order valence-electron chi connectivity index (χ0n) is 8.73. The number of carboxylic acids is 1. The van der Waals surface area contributed by atoms with Crippen molar-refractivity contribution >= 4 is 5.97 Å². The molecule has 0 heterocycles. The van der Waals surface area contributed by atoms with Crippen molar-refractivity contribution in [3.8, 4) is 0 Å². The highest BCUT2D eigenvalue weighted by atomic mass is 16.4. The van der Waals surface area contributed by atoms with Crippen LogP contribution in [0, 0.1) is 11.8 Å². The SMILES string of the molecule is O=C(O)[C@H]1CCC[C@H]1Cc1ccccc1. The van der Waals surface area contributed by atoms with Crippen LogP contribution < -0.4 is 0 Å². The molecule has 1 aliphatic carbocycles. The van der Waals surface area contributed by atoms with Gasteiger partial charge in [0.15, 0.2) is 0 Å². The highest BCUT2D eigenvalue weighted by Crippen LogP contribution is 2.34. The summed E-state index contributed by atoms with van der Waals surface area (Å²) in [5, 5.41) is 9.06. The Morgan fingerprint density at radius 2 is 2.00 bits per heavy atom. The lowest BCUT2D eigenvalue weighted by Gasteiger charge is -2.15. The summed E-state index contributed by atoms with van der Waals surface area (Å²) in [5.74, 6) is -0.400. The van der Waals surface area contributed by atoms with E-state index in [4.69, 9.17) is 5.11 Å². The largest absolute Gasteiger partial charge is 0.481 e. The molecule has 1 N–H and O–H groups in total. The maximum Gasteiger partial charge on any atom is 0.306 e. The second-order valence-corrected chi connectivity index (χ2v) is 4.33. The predicted molar refractivity (Wildman–Crippen MR) is 58.6 cm³/mol. The summed E-state index contributed by atoms with van der Waals surface area (Å²) in [7, 11) is 0. The van der Waals surface area contributed by atoms with Crippen molar-refractivity contribution in [1.29, 1.82) is 0 Å². The van der Waals surface area contributed by atoms with Gasteiger partial charge in [0.1, 0.15) is 0 Å². The van der Waals surface area contributed by atoms with Crippen LogP contribution in [0.15, 0.2) is 30.3 Å². The fourth-order valence-corrected chi connectivity index (χ4v) is 2.52. The van der Waals surface area contributed by atoms with Crippen LogP contribution in [-0.4, -0.2) is 11.1 Å². The van der Waals surface area contributed by atoms with Gasteiger partial charge in [-0.1, -0.05) is 36.8 Å². The van der Waals surface area contributed by atoms with Crippen LogP contribution >= 0.6 is 0 Å². The molecule has 0 radical (unpaired) electrons. The Morgan fingerprint density at radius 1 is 1.27 bits per heavy atom. The van der Waals surface area contributed by atoms with Crippen molar-refractivity contribution in [2.24, 2.45) is 11.8 Å². The molecule has 0 aromatic heterocycles. The minimum atomic E-state index is -0.617. The normalized spacial score (nSPS) is 25.3. The summed E-state index contributed by atoms with van der Waals surface area (Å²) < 4.78 is 0. The maximum absolute atomic E-state index is 11.0. The van der Waals surface area contributed by atoms with Gasteiger partial charge in [-0.2, -0.15) is 0 Å². The number of carbonyl (C=O) groups is 1. The summed E-state index contributed by atoms with van der Waals surface area (Å²) >= 11 is 0. The fraction of sp³-hybridized carbons (Fsp3) is 0.462. The van der Waals surface area contributed by atoms with E-state index in [0.717, 1.165) is 25.7 Å². The third-order valence-corrected chi connectivity index (χ3v) is 3.32. The lowest BCUT2D eigenvalue weighted by atomic mass is 9.90. The maximum atomic E-state index is 11.0. The van der Waals surface area contributed by atoms with E-state index in [2.05, 4.69) is 12.1 Å². The van der Waals surface area contributed by atoms with Gasteiger partial charge in [0.05, 0.1) is 5.92 Å². The molecule has 1 aromatic carbocycles. The van der Waals surface area contributed by atoms with Gasteiger partial charge < -0.3 is 5.11 Å². The minimum Gasteiger partial charge on any atom is -0.481 e. The van der Waals surface area contributed by atoms with E-state index >= 15 is 0 Å². The van der Waals surface area contributed by atoms with Gasteiger partial charge in [0.2, 0.25) is 0 Å². The summed E-state index contributed by atoms with van der Waals surface area (Å²) in [4.78, 5) is 11.0. The molecule has 15 heavy (non-hydrogen) atoms. The molecule has 0 amide bonds. The van der Waals surface area contributed by atoms with Gasteiger partial charge in [-0.25, -0.2) is 0 Å². The summed E-state index contributed by atoms with van der Waals surface area (Å²) in [6.45, 7) is 0. The topological polar surface area (TPSA) is 37.3 Å². The van der Waals surface area contributed by atoms with Gasteiger partial charge in [-0.3, -0.25) is 4.79 Å². The van der Waals surface area contributed by atoms with Crippen molar-refractivity contribution in [3.63, 3.8) is 0 Å². The molecular weight excluding hydrogens is 188 g/mol. The molecule has 1 aliphatic rings. The van der Waals surface area contributed by atoms with Gasteiger partial charge in [-0.05, 0) is 30.7 Å². The number of rotatable bonds is 3. The third kappa shape index (κ3) is 2.38. The lowest BCUT2D eigenvalue weighted by Crippen LogP contribution is -2.19. The molecule has 0 aliphatic heterocycles. The number of aliphatic carboxylic acids is 1. The summed E-state index contributed by atoms with van der Waals surface area (Å²) in [6.07, 6.45) is 3.89. The number of hydrogen-bond acceptors (Lipinski definition) is 1. The zero-order valence-corrected chi connectivity index (χ0v) is 8.73. The Morgan fingerprint density at radius 3 is 2.67 bits per heavy atom. The number of benzene rings is 1. The number of hydrogen-bond donors (Lipinski definition) is 1. The van der Waals surface area contributed by atoms with Gasteiger partial charge in [0, 0.05) is 0 Å². The first-order valence-electron chi connectivity index (χ1n) is 5.54. The lowest BCUT2D eigenvalue weighted by molar-refractivity contribution is -0.142. The Bertz CT molecular complexity index is 332. The molecule has 0 unspecified atom stereocenters. The second-order valence-electron chi connectivity index (χ2n) is 4.33. The Balaban J connectivity index is 2.03. The van der Waals surface area contributed by atoms with Crippen LogP contribution in [0.5, 0.6) is 0 Å². The molecule has 0 spiro atoms. The van der Waals surface area contributed by atoms with Crippen molar-refractivity contribution in [2.75, 3.05) is 0 Å². The van der Waals surface area contributed by atoms with E-state index < -0.39 is 5.97 Å². The molecule has 2 rings (SSSR count). The van der Waals surface area contributed by atoms with E-state index in [9.17, 15) is 4.79 Å². The van der Waals surface area contributed by atoms with Crippen molar-refractivity contribution in [2.45, 2.75) is 25.7 Å². The number of carboxylic acid groups (broad SMARTS) is 1. The van der Waals surface area contributed by atoms with Gasteiger partial charge in [0.25, 0.3) is 0 Å². The van der Waals surface area contributed by atoms with E-state index in [0.29, 0.717) is 5.92 Å². The van der Waals surface area contributed by atoms with E-state index in [1.54, 1.807) is 0 Å². The Kier molecular flexibility index (Phi) is 3.05. The molecule has 0 bridgehead atoms. The molecule has 1 saturated carbocycles. The standard InChI is InChI=1S/C13H16O2/c14-13(15)12-8-4-7-11(12)9-10-5-2-1-3-6-10/h1-3,5-6,11-12H,4,7-9H2,(H,14,15)/t11-,12-/m0/s1. The van der Waals surface area contributed by atoms with E-state index in [1.807, 2.05) is 18.2 Å². The second kappa shape index (κ2) is 4.47. The molecule has 2 heteroatoms. The average molecular weight is 204 g/mol. The van der Waals surface area contributed by atoms with Crippen LogP contribution in [0.1, 0.15) is 24.8 Å². The Labute approximate surface area is 89.9 Å². The first kappa shape index (κ1) is 10.2. The first-order valence-corrected chi connectivity index (χ1v) is 5.54. The first-order chi connectivity index (χ1) is 7.27. The van der Waals surface area contributed by atoms with Crippen LogP contribution in [-0.2, 0) is 11.2 Å². The highest BCUT2D eigenvalue weighted by molar-refractivity contribution is 5.70. The van der Waals surface area contributed by atoms with E-state index in [-0.39, 0.29) is 5.92 Å². The molecular formula is C13H16O2. The summed E-state index contributed by atoms with van der Waals surface area (Å²) in [6, 6.07) is 10.2. The average Bonchev–Trinajstić information content (AvgIpc) is 2.67. The van der Waals surface area contributed by atoms with Crippen molar-refractivity contribution in [1.82, 2.24) is 0 Å². The van der Waals surface area contributed by atoms with Crippen LogP contribution in [0.2, 0.25) is 0 Å². The van der Waals surface area contributed by atoms with Gasteiger partial charge in [-0.15, -0.1) is 0 Å². The fourth-order valence-electron chi connectivity index (χ4n) is 2.52. The Hall–Kier alpha value is -1.31. The molecule has 2 nitrogen and oxygen atoms in total. The van der Waals surface area contributed by atoms with Crippen LogP contribution in [0.25, 0.3) is 0 Å². The van der Waals surface area contributed by atoms with Gasteiger partial charge >= 0.3 is 5.97 Å². The minimum absolute atomic E-state index is 0.120. The zero-order chi connectivity index (χ0) is 10.7. The molecule has 0 saturated heterocycles. The highest BCUT2D eigenvalue weighted by Gasteiger charge is 2.32. The van der Waals surface area contributed by atoms with Crippen LogP contribution in [0.4, 0.5) is 0 Å².